The van der Waals surface area contributed by atoms with E-state index >= 15 is 0 Å². The first-order valence-corrected chi connectivity index (χ1v) is 45.1. The van der Waals surface area contributed by atoms with Gasteiger partial charge >= 0.3 is 0 Å². The zero-order valence-electron chi connectivity index (χ0n) is 71.8. The summed E-state index contributed by atoms with van der Waals surface area (Å²) in [7, 11) is 4.15. The number of unbranched alkanes of at least 4 members (excludes halogenated alkanes) is 36. The van der Waals surface area contributed by atoms with Gasteiger partial charge in [0.05, 0.1) is 26.4 Å². The van der Waals surface area contributed by atoms with Crippen LogP contribution in [-0.2, 0) is 0 Å². The summed E-state index contributed by atoms with van der Waals surface area (Å²) < 4.78 is 26.8. The van der Waals surface area contributed by atoms with Crippen LogP contribution in [0.2, 0.25) is 0 Å². The van der Waals surface area contributed by atoms with Crippen molar-refractivity contribution in [3.63, 3.8) is 0 Å². The van der Waals surface area contributed by atoms with Crippen molar-refractivity contribution in [3.05, 3.63) is 217 Å². The fourth-order valence-corrected chi connectivity index (χ4v) is 14.9. The second kappa shape index (κ2) is 57.6. The molecule has 610 valence electrons. The molecule has 0 aliphatic rings. The maximum Gasteiger partial charge on any atom is 0.203 e. The third kappa shape index (κ3) is 40.0. The highest BCUT2D eigenvalue weighted by atomic mass is 16.5. The van der Waals surface area contributed by atoms with Crippen LogP contribution in [0.5, 0.6) is 23.0 Å². The molecule has 0 bridgehead atoms. The summed E-state index contributed by atoms with van der Waals surface area (Å²) in [4.78, 5) is 14.9. The first kappa shape index (κ1) is 91.8. The van der Waals surface area contributed by atoms with Crippen molar-refractivity contribution in [2.45, 2.75) is 298 Å². The second-order valence-electron chi connectivity index (χ2n) is 32.4. The minimum atomic E-state index is 0.616. The van der Waals surface area contributed by atoms with Gasteiger partial charge in [0.1, 0.15) is 12.0 Å². The van der Waals surface area contributed by atoms with E-state index in [0.717, 1.165) is 148 Å². The predicted octanol–water partition coefficient (Wildman–Crippen LogP) is 32.4. The molecule has 0 fully saturated rings. The zero-order valence-corrected chi connectivity index (χ0v) is 71.8. The van der Waals surface area contributed by atoms with Crippen LogP contribution in [-0.4, -0.2) is 46.8 Å². The summed E-state index contributed by atoms with van der Waals surface area (Å²) in [6.07, 6.45) is 78.5. The van der Waals surface area contributed by atoms with Crippen molar-refractivity contribution < 1.29 is 23.7 Å². The molecule has 6 nitrogen and oxygen atoms in total. The monoisotopic (exact) mass is 1530 g/mol. The molecule has 0 N–H and O–H groups in total. The molecule has 7 rings (SSSR count). The third-order valence-corrected chi connectivity index (χ3v) is 21.5. The summed E-state index contributed by atoms with van der Waals surface area (Å²) in [5, 5.41) is 0. The molecule has 0 saturated heterocycles. The van der Waals surface area contributed by atoms with Crippen molar-refractivity contribution >= 4 is 84.9 Å². The van der Waals surface area contributed by atoms with E-state index in [9.17, 15) is 4.79 Å². The lowest BCUT2D eigenvalue weighted by Gasteiger charge is -2.18. The van der Waals surface area contributed by atoms with Gasteiger partial charge in [0.25, 0.3) is 0 Å². The molecule has 0 unspecified atom stereocenters. The standard InChI is InChI=1S/C107H147NO5/c1-9-13-17-21-25-29-33-37-41-45-69-110-104-67-63-91(64-68-104)50-52-94-76-95(54-53-92-74-88(5)73-89(6)75-92)80-96(78-94)55-57-99-82-100(84-102(83-99)87-109)58-56-97-77-93(51-49-90-61-65-103(66-62-90)108(7)8)79-98(81-97)59-60-101-85-105(111-70-46-42-38-34-30-26-22-18-14-10-2)107(113-72-48-44-40-36-32-28-24-20-16-12-4)106(86-101)112-71-47-43-39-35-31-27-23-19-15-11-3/h49-68,73-87H,9-48,69-72H2,1-8H3/b51-49+,52-50+,54-53+,57-55+,58-56+,60-59+. The summed E-state index contributed by atoms with van der Waals surface area (Å²) in [6, 6.07) is 47.7. The predicted molar refractivity (Wildman–Crippen MR) is 497 cm³/mol. The number of ether oxygens (including phenoxy) is 4. The average molecular weight is 1530 g/mol. The second-order valence-corrected chi connectivity index (χ2v) is 32.4. The Labute approximate surface area is 688 Å². The Morgan fingerprint density at radius 1 is 0.239 bits per heavy atom. The van der Waals surface area contributed by atoms with E-state index in [0.29, 0.717) is 25.4 Å². The fourth-order valence-electron chi connectivity index (χ4n) is 14.9. The minimum Gasteiger partial charge on any atom is -0.494 e. The Kier molecular flexibility index (Phi) is 46.8. The topological polar surface area (TPSA) is 57.2 Å². The zero-order chi connectivity index (χ0) is 79.8. The molecule has 0 saturated carbocycles. The lowest BCUT2D eigenvalue weighted by atomic mass is 10.00. The van der Waals surface area contributed by atoms with Crippen LogP contribution in [0.4, 0.5) is 5.69 Å². The van der Waals surface area contributed by atoms with Gasteiger partial charge in [-0.2, -0.15) is 0 Å². The van der Waals surface area contributed by atoms with Crippen LogP contribution in [0.25, 0.3) is 72.9 Å². The Morgan fingerprint density at radius 2 is 0.469 bits per heavy atom. The summed E-state index contributed by atoms with van der Waals surface area (Å²) in [5.41, 5.74) is 17.0. The minimum absolute atomic E-state index is 0.616. The van der Waals surface area contributed by atoms with Gasteiger partial charge in [-0.3, -0.25) is 4.79 Å². The Morgan fingerprint density at radius 3 is 0.752 bits per heavy atom. The van der Waals surface area contributed by atoms with Gasteiger partial charge in [-0.05, 0) is 197 Å². The normalized spacial score (nSPS) is 11.9. The molecule has 0 radical (unpaired) electrons. The molecular weight excluding hydrogens is 1380 g/mol. The maximum atomic E-state index is 12.8. The number of aldehydes is 1. The number of aryl methyl sites for hydroxylation is 2. The fraction of sp³-hybridized carbons (Fsp3) is 0.486. The van der Waals surface area contributed by atoms with Crippen LogP contribution in [0.1, 0.15) is 373 Å². The molecule has 0 aromatic heterocycles. The van der Waals surface area contributed by atoms with Crippen LogP contribution in [0, 0.1) is 13.8 Å². The van der Waals surface area contributed by atoms with Gasteiger partial charge in [0.2, 0.25) is 5.75 Å². The van der Waals surface area contributed by atoms with Crippen molar-refractivity contribution in [2.24, 2.45) is 0 Å². The largest absolute Gasteiger partial charge is 0.494 e. The molecule has 7 aromatic rings. The van der Waals surface area contributed by atoms with Gasteiger partial charge < -0.3 is 23.8 Å². The van der Waals surface area contributed by atoms with Crippen molar-refractivity contribution in [1.82, 2.24) is 0 Å². The smallest absolute Gasteiger partial charge is 0.203 e. The number of anilines is 1. The highest BCUT2D eigenvalue weighted by Crippen LogP contribution is 2.41. The molecule has 7 aromatic carbocycles. The summed E-state index contributed by atoms with van der Waals surface area (Å²) >= 11 is 0. The number of hydrogen-bond donors (Lipinski definition) is 0. The highest BCUT2D eigenvalue weighted by molar-refractivity contribution is 5.85. The van der Waals surface area contributed by atoms with Gasteiger partial charge in [-0.25, -0.2) is 0 Å². The molecule has 0 aliphatic carbocycles. The van der Waals surface area contributed by atoms with Gasteiger partial charge in [0.15, 0.2) is 11.5 Å². The Bertz CT molecular complexity index is 3850. The third-order valence-electron chi connectivity index (χ3n) is 21.5. The highest BCUT2D eigenvalue weighted by Gasteiger charge is 2.17. The number of benzene rings is 7. The van der Waals surface area contributed by atoms with Crippen LogP contribution < -0.4 is 23.8 Å². The average Bonchev–Trinajstić information content (AvgIpc) is 0.818. The number of rotatable bonds is 62. The number of carbonyl (C=O) groups is 1. The molecule has 0 spiro atoms. The summed E-state index contributed by atoms with van der Waals surface area (Å²) in [5.74, 6) is 3.20. The van der Waals surface area contributed by atoms with E-state index in [1.165, 1.54) is 229 Å². The van der Waals surface area contributed by atoms with E-state index in [4.69, 9.17) is 18.9 Å². The molecule has 0 heterocycles. The molecule has 6 heteroatoms. The van der Waals surface area contributed by atoms with Gasteiger partial charge in [-0.15, -0.1) is 0 Å². The van der Waals surface area contributed by atoms with Gasteiger partial charge in [0, 0.05) is 25.3 Å². The lowest BCUT2D eigenvalue weighted by Crippen LogP contribution is -2.07. The van der Waals surface area contributed by atoms with E-state index in [1.54, 1.807) is 0 Å². The lowest BCUT2D eigenvalue weighted by molar-refractivity contribution is 0.112. The van der Waals surface area contributed by atoms with E-state index in [1.807, 2.05) is 12.1 Å². The van der Waals surface area contributed by atoms with Crippen molar-refractivity contribution in [1.29, 1.82) is 0 Å². The van der Waals surface area contributed by atoms with E-state index in [-0.39, 0.29) is 0 Å². The van der Waals surface area contributed by atoms with Crippen molar-refractivity contribution in [3.8, 4) is 23.0 Å². The molecular formula is C107H147NO5. The molecule has 0 aliphatic heterocycles. The van der Waals surface area contributed by atoms with Crippen LogP contribution in [0.3, 0.4) is 0 Å². The van der Waals surface area contributed by atoms with Gasteiger partial charge in [-0.1, -0.05) is 385 Å². The molecule has 0 atom stereocenters. The first-order chi connectivity index (χ1) is 55.5. The SMILES string of the molecule is CCCCCCCCCCCCOc1ccc(/C=C/c2cc(/C=C/c3cc(C)cc(C)c3)cc(/C=C/c3cc(C=O)cc(/C=C/c4cc(/C=C/c5ccc(N(C)C)cc5)cc(/C=C/c5cc(OCCCCCCCCCCCC)c(OCCCCCCCCCCCC)c(OCCCCCCCCCCCC)c5)c4)c3)c2)cc1. The van der Waals surface area contributed by atoms with Crippen LogP contribution >= 0.6 is 0 Å². The van der Waals surface area contributed by atoms with Crippen molar-refractivity contribution in [2.75, 3.05) is 45.4 Å². The Balaban J connectivity index is 1.15. The van der Waals surface area contributed by atoms with E-state index < -0.39 is 0 Å². The van der Waals surface area contributed by atoms with E-state index in [2.05, 4.69) is 255 Å². The maximum absolute atomic E-state index is 12.8. The van der Waals surface area contributed by atoms with Crippen LogP contribution in [0.15, 0.2) is 133 Å². The quantitative estimate of drug-likeness (QED) is 0.0215. The number of hydrogen-bond acceptors (Lipinski definition) is 6. The number of carbonyl (C=O) groups excluding carboxylic acids is 1. The first-order valence-electron chi connectivity index (χ1n) is 45.1. The number of nitrogens with zero attached hydrogens (tertiary/aromatic N) is 1. The molecule has 0 amide bonds. The summed E-state index contributed by atoms with van der Waals surface area (Å²) in [6.45, 7) is 16.1. The molecule has 113 heavy (non-hydrogen) atoms. The Hall–Kier alpha value is -8.35.